The molecule has 4 heterocycles. The van der Waals surface area contributed by atoms with Gasteiger partial charge in [0.15, 0.2) is 11.5 Å². The van der Waals surface area contributed by atoms with Crippen LogP contribution in [0.3, 0.4) is 0 Å². The molecule has 0 bridgehead atoms. The van der Waals surface area contributed by atoms with Crippen molar-refractivity contribution in [3.05, 3.63) is 113 Å². The molecule has 2 fully saturated rings. The van der Waals surface area contributed by atoms with Gasteiger partial charge in [0.25, 0.3) is 11.8 Å². The molecule has 0 radical (unpaired) electrons. The topological polar surface area (TPSA) is 226 Å². The standard InChI is InChI=1S/C57H65N7O13/c1-39-25-44-33-60-49-30-46(9-10-47(49)56(69)63(44)35-39)76-37-42-27-41(28-43(29-42)38-77-52-32-50-48(31-51(52)71-4)57(70)64-36-40(2)26-45(64)34-61-50)7-5-13-58-54(67)12-17-72-19-21-74-23-24-75-22-20-73-18-14-59-53(66)11-15-62(3)55(68)8-6-16-65/h6,8-10,16,27-34,44-45H,1-2,11-15,17-26,35-38H2,3-4H3,(H,58,67)(H,59,66)/b8-6-/t44?,45-/m0/s1. The second kappa shape index (κ2) is 28.8. The average Bonchev–Trinajstić information content (AvgIpc) is 3.95. The highest BCUT2D eigenvalue weighted by Gasteiger charge is 2.35. The number of hydrogen-bond donors (Lipinski definition) is 2. The Morgan fingerprint density at radius 3 is 1.97 bits per heavy atom. The van der Waals surface area contributed by atoms with Crippen LogP contribution >= 0.6 is 0 Å². The summed E-state index contributed by atoms with van der Waals surface area (Å²) in [5.74, 6) is 6.49. The smallest absolute Gasteiger partial charge is 0.257 e. The summed E-state index contributed by atoms with van der Waals surface area (Å²) >= 11 is 0. The molecule has 0 saturated carbocycles. The van der Waals surface area contributed by atoms with Crippen molar-refractivity contribution in [2.75, 3.05) is 99.7 Å². The minimum atomic E-state index is -0.356. The normalized spacial score (nSPS) is 16.2. The van der Waals surface area contributed by atoms with E-state index in [1.165, 1.54) is 12.0 Å². The van der Waals surface area contributed by atoms with E-state index in [0.29, 0.717) is 130 Å². The predicted octanol–water partition coefficient (Wildman–Crippen LogP) is 4.47. The summed E-state index contributed by atoms with van der Waals surface area (Å²) in [4.78, 5) is 87.8. The number of nitrogens with zero attached hydrogens (tertiary/aromatic N) is 5. The molecule has 2 saturated heterocycles. The second-order valence-electron chi connectivity index (χ2n) is 18.4. The molecule has 4 aliphatic rings. The zero-order chi connectivity index (χ0) is 54.5. The zero-order valence-electron chi connectivity index (χ0n) is 43.6. The molecule has 2 atom stereocenters. The van der Waals surface area contributed by atoms with Gasteiger partial charge in [-0.1, -0.05) is 36.1 Å². The monoisotopic (exact) mass is 1060 g/mol. The first-order chi connectivity index (χ1) is 37.4. The molecule has 2 N–H and O–H groups in total. The molecule has 7 rings (SSSR count). The maximum absolute atomic E-state index is 13.6. The molecule has 3 aromatic rings. The number of carbonyl (C=O) groups excluding carboxylic acids is 6. The Labute approximate surface area is 448 Å². The third-order valence-corrected chi connectivity index (χ3v) is 12.6. The highest BCUT2D eigenvalue weighted by atomic mass is 16.6. The highest BCUT2D eigenvalue weighted by Crippen LogP contribution is 2.39. The van der Waals surface area contributed by atoms with E-state index in [4.69, 9.17) is 33.2 Å². The first-order valence-electron chi connectivity index (χ1n) is 25.4. The third-order valence-electron chi connectivity index (χ3n) is 12.6. The van der Waals surface area contributed by atoms with Gasteiger partial charge in [-0.25, -0.2) is 0 Å². The summed E-state index contributed by atoms with van der Waals surface area (Å²) in [6.07, 6.45) is 7.96. The summed E-state index contributed by atoms with van der Waals surface area (Å²) in [5.41, 5.74) is 6.13. The van der Waals surface area contributed by atoms with Gasteiger partial charge in [0.2, 0.25) is 17.7 Å². The van der Waals surface area contributed by atoms with Crippen molar-refractivity contribution in [1.29, 1.82) is 0 Å². The van der Waals surface area contributed by atoms with Gasteiger partial charge in [-0.2, -0.15) is 0 Å². The number of amides is 5. The van der Waals surface area contributed by atoms with Crippen LogP contribution in [0.1, 0.15) is 63.1 Å². The molecule has 4 aliphatic heterocycles. The molecule has 0 aliphatic carbocycles. The van der Waals surface area contributed by atoms with Crippen LogP contribution in [0.5, 0.6) is 17.2 Å². The number of rotatable bonds is 28. The fraction of sp³-hybridized carbons (Fsp3) is 0.404. The average molecular weight is 1060 g/mol. The Bertz CT molecular complexity index is 2830. The number of benzene rings is 3. The number of nitrogens with one attached hydrogen (secondary N) is 2. The van der Waals surface area contributed by atoms with Gasteiger partial charge >= 0.3 is 0 Å². The van der Waals surface area contributed by atoms with Crippen molar-refractivity contribution in [2.24, 2.45) is 9.98 Å². The van der Waals surface area contributed by atoms with Crippen LogP contribution in [0.2, 0.25) is 0 Å². The van der Waals surface area contributed by atoms with E-state index in [1.807, 2.05) is 18.2 Å². The zero-order valence-corrected chi connectivity index (χ0v) is 43.6. The van der Waals surface area contributed by atoms with Gasteiger partial charge in [0, 0.05) is 82.3 Å². The Balaban J connectivity index is 0.837. The molecule has 20 nitrogen and oxygen atoms in total. The summed E-state index contributed by atoms with van der Waals surface area (Å²) in [6, 6.07) is 14.1. The number of methoxy groups -OCH3 is 1. The van der Waals surface area contributed by atoms with Gasteiger partial charge in [-0.15, -0.1) is 0 Å². The first-order valence-corrected chi connectivity index (χ1v) is 25.4. The number of aliphatic imine (C=N–C) groups is 2. The van der Waals surface area contributed by atoms with Gasteiger partial charge < -0.3 is 58.5 Å². The van der Waals surface area contributed by atoms with E-state index in [2.05, 4.69) is 45.6 Å². The maximum Gasteiger partial charge on any atom is 0.257 e. The lowest BCUT2D eigenvalue weighted by Gasteiger charge is -2.20. The number of hydrogen-bond acceptors (Lipinski definition) is 15. The van der Waals surface area contributed by atoms with Gasteiger partial charge in [0.05, 0.1) is 101 Å². The Morgan fingerprint density at radius 1 is 0.727 bits per heavy atom. The quantitative estimate of drug-likeness (QED) is 0.0337. The first kappa shape index (κ1) is 56.8. The van der Waals surface area contributed by atoms with Crippen molar-refractivity contribution in [3.8, 4) is 29.1 Å². The molecule has 0 aromatic heterocycles. The van der Waals surface area contributed by atoms with Crippen LogP contribution in [-0.2, 0) is 51.3 Å². The molecule has 1 unspecified atom stereocenters. The van der Waals surface area contributed by atoms with Gasteiger partial charge in [-0.05, 0) is 66.4 Å². The van der Waals surface area contributed by atoms with E-state index in [1.54, 1.807) is 59.6 Å². The Hall–Kier alpha value is -7.96. The van der Waals surface area contributed by atoms with Crippen LogP contribution < -0.4 is 24.8 Å². The van der Waals surface area contributed by atoms with Crippen molar-refractivity contribution in [2.45, 2.75) is 51.0 Å². The predicted molar refractivity (Wildman–Crippen MR) is 286 cm³/mol. The van der Waals surface area contributed by atoms with Crippen molar-refractivity contribution < 1.29 is 61.9 Å². The van der Waals surface area contributed by atoms with E-state index in [9.17, 15) is 28.8 Å². The Morgan fingerprint density at radius 2 is 1.32 bits per heavy atom. The van der Waals surface area contributed by atoms with Crippen LogP contribution in [0, 0.1) is 11.8 Å². The second-order valence-corrected chi connectivity index (χ2v) is 18.4. The van der Waals surface area contributed by atoms with E-state index in [0.717, 1.165) is 34.4 Å². The van der Waals surface area contributed by atoms with Crippen molar-refractivity contribution in [1.82, 2.24) is 25.3 Å². The molecular formula is C57H65N7O13. The maximum atomic E-state index is 13.6. The van der Waals surface area contributed by atoms with Gasteiger partial charge in [0.1, 0.15) is 25.2 Å². The minimum absolute atomic E-state index is 0.0910. The number of ether oxygens (including phenoxy) is 7. The molecule has 20 heteroatoms. The fourth-order valence-electron chi connectivity index (χ4n) is 8.61. The molecule has 406 valence electrons. The molecule has 5 amide bonds. The van der Waals surface area contributed by atoms with E-state index >= 15 is 0 Å². The molecule has 3 aromatic carbocycles. The van der Waals surface area contributed by atoms with Crippen molar-refractivity contribution >= 4 is 59.6 Å². The van der Waals surface area contributed by atoms with E-state index < -0.39 is 0 Å². The minimum Gasteiger partial charge on any atom is -0.493 e. The molecular weight excluding hydrogens is 991 g/mol. The van der Waals surface area contributed by atoms with Gasteiger partial charge in [-0.3, -0.25) is 38.8 Å². The van der Waals surface area contributed by atoms with Crippen molar-refractivity contribution in [3.63, 3.8) is 0 Å². The van der Waals surface area contributed by atoms with Crippen LogP contribution in [0.4, 0.5) is 11.4 Å². The summed E-state index contributed by atoms with van der Waals surface area (Å²) in [5, 5.41) is 5.53. The number of carbonyl (C=O) groups is 6. The highest BCUT2D eigenvalue weighted by molar-refractivity contribution is 6.04. The lowest BCUT2D eigenvalue weighted by Crippen LogP contribution is -2.35. The SMILES string of the molecule is C=C1CC2C=Nc3cc(OCc4cc(C#CCNC(=O)CCOCCOCCOCCOCCNC(=O)CCN(C)C(=O)/C=C\C=O)cc(COc5cc6c(cc5OC)C(=O)N5CC(=C)C[C@H]5C=N6)c4)ccc3C(=O)N2C1. The lowest BCUT2D eigenvalue weighted by molar-refractivity contribution is -0.126. The molecule has 0 spiro atoms. The summed E-state index contributed by atoms with van der Waals surface area (Å²) in [6.45, 7) is 12.6. The number of aldehydes is 1. The number of allylic oxidation sites excluding steroid dienone is 1. The molecule has 77 heavy (non-hydrogen) atoms. The van der Waals surface area contributed by atoms with E-state index in [-0.39, 0.29) is 87.4 Å². The largest absolute Gasteiger partial charge is 0.493 e. The fourth-order valence-corrected chi connectivity index (χ4v) is 8.61. The van der Waals surface area contributed by atoms with Crippen LogP contribution in [0.15, 0.2) is 95.0 Å². The van der Waals surface area contributed by atoms with Crippen LogP contribution in [0.25, 0.3) is 0 Å². The van der Waals surface area contributed by atoms with Crippen LogP contribution in [-0.4, -0.2) is 175 Å². The summed E-state index contributed by atoms with van der Waals surface area (Å²) < 4.78 is 40.4. The third kappa shape index (κ3) is 16.8. The number of fused-ring (bicyclic) bond motifs is 4. The summed E-state index contributed by atoms with van der Waals surface area (Å²) in [7, 11) is 3.07. The lowest BCUT2D eigenvalue weighted by atomic mass is 10.1. The Kier molecular flexibility index (Phi) is 21.2. The number of likely N-dealkylation sites (N-methyl/N-ethyl adjacent to an activating group) is 1.